The van der Waals surface area contributed by atoms with Gasteiger partial charge in [-0.15, -0.1) is 0 Å². The minimum absolute atomic E-state index is 0.954. The molecule has 2 aliphatic rings. The summed E-state index contributed by atoms with van der Waals surface area (Å²) in [6.07, 6.45) is 16.0. The van der Waals surface area contributed by atoms with Gasteiger partial charge in [0.2, 0.25) is 0 Å². The van der Waals surface area contributed by atoms with Crippen molar-refractivity contribution in [2.75, 3.05) is 0 Å². The van der Waals surface area contributed by atoms with Gasteiger partial charge in [-0.1, -0.05) is 75.8 Å². The minimum Gasteiger partial charge on any atom is -0.170 e. The van der Waals surface area contributed by atoms with E-state index in [1.165, 1.54) is 64.2 Å². The lowest BCUT2D eigenvalue weighted by Crippen LogP contribution is -2.24. The highest BCUT2D eigenvalue weighted by Crippen LogP contribution is 2.43. The van der Waals surface area contributed by atoms with Crippen molar-refractivity contribution in [1.82, 2.24) is 0 Å². The Morgan fingerprint density at radius 3 is 1.36 bits per heavy atom. The Hall–Kier alpha value is 0.495. The molecule has 0 aliphatic heterocycles. The van der Waals surface area contributed by atoms with Crippen molar-refractivity contribution in [1.29, 1.82) is 0 Å². The van der Waals surface area contributed by atoms with Crippen molar-refractivity contribution in [2.45, 2.75) is 75.8 Å². The van der Waals surface area contributed by atoms with Crippen LogP contribution < -0.4 is 0 Å². The second kappa shape index (κ2) is 5.54. The van der Waals surface area contributed by atoms with Crippen LogP contribution in [0.15, 0.2) is 0 Å². The highest BCUT2D eigenvalue weighted by Gasteiger charge is 2.30. The van der Waals surface area contributed by atoms with E-state index in [1.54, 1.807) is 0 Å². The summed E-state index contributed by atoms with van der Waals surface area (Å²) < 4.78 is 0. The van der Waals surface area contributed by atoms with Crippen molar-refractivity contribution >= 4 is 15.6 Å². The van der Waals surface area contributed by atoms with Crippen molar-refractivity contribution < 1.29 is 0 Å². The molecule has 0 aromatic carbocycles. The first-order chi connectivity index (χ1) is 6.88. The predicted octanol–water partition coefficient (Wildman–Crippen LogP) is 4.52. The zero-order valence-corrected chi connectivity index (χ0v) is 10.5. The van der Waals surface area contributed by atoms with E-state index in [0.29, 0.717) is 0 Å². The Morgan fingerprint density at radius 1 is 0.643 bits per heavy atom. The molecule has 0 saturated heterocycles. The first-order valence-electron chi connectivity index (χ1n) is 6.63. The summed E-state index contributed by atoms with van der Waals surface area (Å²) in [4.78, 5) is 0. The standard InChI is InChI=1S/C12H24BP/c14-13(11-7-3-1-4-8-11)12-9-5-2-6-10-12/h11-12H,1-10,14H2. The second-order valence-electron chi connectivity index (χ2n) is 5.37. The largest absolute Gasteiger partial charge is 0.170 e. The molecule has 0 heterocycles. The molecule has 0 amide bonds. The van der Waals surface area contributed by atoms with Gasteiger partial charge in [-0.2, -0.15) is 9.12 Å². The van der Waals surface area contributed by atoms with Crippen molar-refractivity contribution in [2.24, 2.45) is 0 Å². The maximum Gasteiger partial charge on any atom is 0.170 e. The first-order valence-corrected chi connectivity index (χ1v) is 7.30. The van der Waals surface area contributed by atoms with Gasteiger partial charge in [0.1, 0.15) is 0 Å². The lowest BCUT2D eigenvalue weighted by atomic mass is 9.47. The molecule has 0 aromatic rings. The van der Waals surface area contributed by atoms with Gasteiger partial charge in [0.05, 0.1) is 0 Å². The molecular weight excluding hydrogens is 186 g/mol. The predicted molar refractivity (Wildman–Crippen MR) is 69.1 cm³/mol. The van der Waals surface area contributed by atoms with Crippen molar-refractivity contribution in [3.63, 3.8) is 0 Å². The Labute approximate surface area is 91.9 Å². The molecule has 80 valence electrons. The highest BCUT2D eigenvalue weighted by molar-refractivity contribution is 7.62. The van der Waals surface area contributed by atoms with Gasteiger partial charge in [-0.05, 0) is 0 Å². The summed E-state index contributed by atoms with van der Waals surface area (Å²) in [6.45, 7) is 0. The maximum atomic E-state index is 3.19. The summed E-state index contributed by atoms with van der Waals surface area (Å²) in [7, 11) is 3.19. The average molecular weight is 210 g/mol. The molecule has 2 saturated carbocycles. The normalized spacial score (nSPS) is 26.4. The van der Waals surface area contributed by atoms with E-state index in [1.807, 2.05) is 0 Å². The molecule has 2 fully saturated rings. The Kier molecular flexibility index (Phi) is 4.35. The number of hydrogen-bond acceptors (Lipinski definition) is 0. The third-order valence-corrected chi connectivity index (χ3v) is 5.48. The van der Waals surface area contributed by atoms with Crippen molar-refractivity contribution in [3.05, 3.63) is 0 Å². The third kappa shape index (κ3) is 2.75. The number of hydrogen-bond donors (Lipinski definition) is 0. The van der Waals surface area contributed by atoms with E-state index in [9.17, 15) is 0 Å². The van der Waals surface area contributed by atoms with Crippen LogP contribution in [0.4, 0.5) is 0 Å². The monoisotopic (exact) mass is 210 g/mol. The van der Waals surface area contributed by atoms with Crippen LogP contribution in [0, 0.1) is 0 Å². The molecule has 1 atom stereocenters. The van der Waals surface area contributed by atoms with Gasteiger partial charge in [-0.25, -0.2) is 0 Å². The zero-order chi connectivity index (χ0) is 9.80. The molecule has 14 heavy (non-hydrogen) atoms. The van der Waals surface area contributed by atoms with Crippen LogP contribution in [-0.2, 0) is 0 Å². The van der Waals surface area contributed by atoms with Gasteiger partial charge in [0.15, 0.2) is 6.43 Å². The van der Waals surface area contributed by atoms with Gasteiger partial charge in [-0.3, -0.25) is 0 Å². The van der Waals surface area contributed by atoms with Crippen LogP contribution in [0.2, 0.25) is 11.6 Å². The fourth-order valence-electron chi connectivity index (χ4n) is 3.42. The topological polar surface area (TPSA) is 0 Å². The minimum atomic E-state index is 0.954. The molecule has 2 heteroatoms. The molecule has 0 radical (unpaired) electrons. The van der Waals surface area contributed by atoms with E-state index in [4.69, 9.17) is 0 Å². The van der Waals surface area contributed by atoms with E-state index in [2.05, 4.69) is 9.12 Å². The Morgan fingerprint density at radius 2 is 1.00 bits per heavy atom. The van der Waals surface area contributed by atoms with Crippen LogP contribution in [0.3, 0.4) is 0 Å². The lowest BCUT2D eigenvalue weighted by molar-refractivity contribution is 0.467. The van der Waals surface area contributed by atoms with E-state index in [0.717, 1.165) is 18.1 Å². The van der Waals surface area contributed by atoms with Crippen molar-refractivity contribution in [3.8, 4) is 0 Å². The SMILES string of the molecule is PB(C1CCCCC1)C1CCCCC1. The lowest BCUT2D eigenvalue weighted by Gasteiger charge is -2.33. The smallest absolute Gasteiger partial charge is 0.170 e. The quantitative estimate of drug-likeness (QED) is 0.464. The van der Waals surface area contributed by atoms with Crippen LogP contribution in [-0.4, -0.2) is 6.43 Å². The fourth-order valence-corrected chi connectivity index (χ4v) is 4.19. The number of rotatable bonds is 2. The molecule has 2 aliphatic carbocycles. The summed E-state index contributed by atoms with van der Waals surface area (Å²) in [5.74, 6) is 2.11. The average Bonchev–Trinajstić information content (AvgIpc) is 2.30. The van der Waals surface area contributed by atoms with E-state index < -0.39 is 0 Å². The van der Waals surface area contributed by atoms with Gasteiger partial charge in [0, 0.05) is 0 Å². The zero-order valence-electron chi connectivity index (χ0n) is 9.38. The molecule has 0 aromatic heterocycles. The van der Waals surface area contributed by atoms with Crippen LogP contribution in [0.5, 0.6) is 0 Å². The first kappa shape index (κ1) is 11.0. The third-order valence-electron chi connectivity index (χ3n) is 4.39. The second-order valence-corrected chi connectivity index (χ2v) is 6.14. The Balaban J connectivity index is 1.82. The van der Waals surface area contributed by atoms with Crippen LogP contribution in [0.25, 0.3) is 0 Å². The molecule has 0 bridgehead atoms. The molecule has 2 rings (SSSR count). The summed E-state index contributed by atoms with van der Waals surface area (Å²) in [6, 6.07) is 0. The van der Waals surface area contributed by atoms with E-state index >= 15 is 0 Å². The fraction of sp³-hybridized carbons (Fsp3) is 1.00. The van der Waals surface area contributed by atoms with Crippen LogP contribution in [0.1, 0.15) is 64.2 Å². The molecule has 0 spiro atoms. The highest BCUT2D eigenvalue weighted by atomic mass is 31.0. The van der Waals surface area contributed by atoms with Crippen LogP contribution >= 0.6 is 9.12 Å². The summed E-state index contributed by atoms with van der Waals surface area (Å²) >= 11 is 0. The Bertz CT molecular complexity index is 142. The van der Waals surface area contributed by atoms with E-state index in [-0.39, 0.29) is 0 Å². The van der Waals surface area contributed by atoms with Gasteiger partial charge in [0.25, 0.3) is 0 Å². The summed E-state index contributed by atoms with van der Waals surface area (Å²) in [5.41, 5.74) is 0. The molecule has 0 nitrogen and oxygen atoms in total. The molecule has 1 unspecified atom stereocenters. The molecular formula is C12H24BP. The van der Waals surface area contributed by atoms with Gasteiger partial charge < -0.3 is 0 Å². The summed E-state index contributed by atoms with van der Waals surface area (Å²) in [5, 5.41) is 0. The van der Waals surface area contributed by atoms with Gasteiger partial charge >= 0.3 is 0 Å². The maximum absolute atomic E-state index is 3.19. The molecule has 0 N–H and O–H groups in total.